The number of amides is 1. The number of hydrogen-bond acceptors (Lipinski definition) is 3. The lowest BCUT2D eigenvalue weighted by molar-refractivity contribution is -0.131. The van der Waals surface area contributed by atoms with Crippen LogP contribution in [0.5, 0.6) is 0 Å². The second-order valence-corrected chi connectivity index (χ2v) is 5.59. The summed E-state index contributed by atoms with van der Waals surface area (Å²) in [4.78, 5) is 11.8. The minimum Gasteiger partial charge on any atom is -0.366 e. The first-order valence-electron chi connectivity index (χ1n) is 6.58. The van der Waals surface area contributed by atoms with E-state index in [0.717, 1.165) is 12.0 Å². The molecule has 0 radical (unpaired) electrons. The van der Waals surface area contributed by atoms with Gasteiger partial charge < -0.3 is 15.8 Å². The minimum absolute atomic E-state index is 0.0570. The molecule has 19 heavy (non-hydrogen) atoms. The molecule has 106 valence electrons. The normalized spacial score (nSPS) is 13.1. The summed E-state index contributed by atoms with van der Waals surface area (Å²) in [7, 11) is 0. The second kappa shape index (κ2) is 7.26. The zero-order valence-corrected chi connectivity index (χ0v) is 12.0. The van der Waals surface area contributed by atoms with Crippen molar-refractivity contribution in [1.82, 2.24) is 5.32 Å². The maximum Gasteiger partial charge on any atom is 0.246 e. The molecular formula is C15H24N2O2. The Morgan fingerprint density at radius 1 is 1.32 bits per heavy atom. The lowest BCUT2D eigenvalue weighted by atomic mass is 10.1. The smallest absolute Gasteiger partial charge is 0.246 e. The molecule has 3 N–H and O–H groups in total. The summed E-state index contributed by atoms with van der Waals surface area (Å²) < 4.78 is 5.43. The molecule has 0 bridgehead atoms. The summed E-state index contributed by atoms with van der Waals surface area (Å²) in [6.07, 6.45) is 0.735. The number of nitrogens with one attached hydrogen (secondary N) is 1. The van der Waals surface area contributed by atoms with Crippen molar-refractivity contribution in [2.24, 2.45) is 5.73 Å². The third-order valence-electron chi connectivity index (χ3n) is 2.61. The molecule has 1 aromatic carbocycles. The molecule has 0 saturated carbocycles. The van der Waals surface area contributed by atoms with Gasteiger partial charge in [-0.2, -0.15) is 0 Å². The van der Waals surface area contributed by atoms with E-state index >= 15 is 0 Å². The molecule has 1 amide bonds. The summed E-state index contributed by atoms with van der Waals surface area (Å²) in [5, 5.41) is 2.90. The van der Waals surface area contributed by atoms with Crippen molar-refractivity contribution < 1.29 is 9.53 Å². The molecular weight excluding hydrogens is 240 g/mol. The van der Waals surface area contributed by atoms with Gasteiger partial charge >= 0.3 is 0 Å². The molecule has 1 rings (SSSR count). The number of hydrogen-bond donors (Lipinski definition) is 2. The zero-order chi connectivity index (χ0) is 14.3. The zero-order valence-electron chi connectivity index (χ0n) is 12.0. The lowest BCUT2D eigenvalue weighted by Gasteiger charge is -2.21. The molecule has 0 spiro atoms. The summed E-state index contributed by atoms with van der Waals surface area (Å²) in [6.45, 7) is 6.24. The van der Waals surface area contributed by atoms with Gasteiger partial charge in [0.15, 0.2) is 0 Å². The average Bonchev–Trinajstić information content (AvgIpc) is 2.36. The Kier molecular flexibility index (Phi) is 5.99. The molecule has 1 atom stereocenters. The van der Waals surface area contributed by atoms with Gasteiger partial charge in [0.05, 0.1) is 5.60 Å². The highest BCUT2D eigenvalue weighted by Crippen LogP contribution is 2.06. The van der Waals surface area contributed by atoms with Gasteiger partial charge in [-0.25, -0.2) is 0 Å². The highest BCUT2D eigenvalue weighted by molar-refractivity contribution is 5.77. The molecule has 0 aromatic heterocycles. The predicted octanol–water partition coefficient (Wildman–Crippen LogP) is 1.49. The van der Waals surface area contributed by atoms with Gasteiger partial charge in [-0.05, 0) is 32.8 Å². The summed E-state index contributed by atoms with van der Waals surface area (Å²) in [5.41, 5.74) is 6.55. The third kappa shape index (κ3) is 6.94. The van der Waals surface area contributed by atoms with E-state index in [1.165, 1.54) is 0 Å². The van der Waals surface area contributed by atoms with Gasteiger partial charge in [-0.15, -0.1) is 0 Å². The summed E-state index contributed by atoms with van der Waals surface area (Å²) in [5.74, 6) is -0.124. The Morgan fingerprint density at radius 3 is 2.47 bits per heavy atom. The Labute approximate surface area is 115 Å². The van der Waals surface area contributed by atoms with Crippen molar-refractivity contribution in [1.29, 1.82) is 0 Å². The first-order valence-corrected chi connectivity index (χ1v) is 6.58. The van der Waals surface area contributed by atoms with Gasteiger partial charge in [0.1, 0.15) is 6.61 Å². The molecule has 0 heterocycles. The topological polar surface area (TPSA) is 64.3 Å². The van der Waals surface area contributed by atoms with Crippen LogP contribution in [0.3, 0.4) is 0 Å². The maximum absolute atomic E-state index is 11.8. The second-order valence-electron chi connectivity index (χ2n) is 5.59. The van der Waals surface area contributed by atoms with Crippen LogP contribution >= 0.6 is 0 Å². The molecule has 1 unspecified atom stereocenters. The van der Waals surface area contributed by atoms with Gasteiger partial charge in [0, 0.05) is 12.6 Å². The van der Waals surface area contributed by atoms with Crippen molar-refractivity contribution in [3.8, 4) is 0 Å². The van der Waals surface area contributed by atoms with Gasteiger partial charge in [0.25, 0.3) is 0 Å². The van der Waals surface area contributed by atoms with E-state index in [-0.39, 0.29) is 24.2 Å². The predicted molar refractivity (Wildman–Crippen MR) is 76.8 cm³/mol. The fourth-order valence-corrected chi connectivity index (χ4v) is 1.64. The van der Waals surface area contributed by atoms with E-state index < -0.39 is 0 Å². The fourth-order valence-electron chi connectivity index (χ4n) is 1.64. The van der Waals surface area contributed by atoms with Crippen LogP contribution in [0.1, 0.15) is 26.3 Å². The molecule has 0 aliphatic rings. The first kappa shape index (κ1) is 15.7. The number of benzene rings is 1. The van der Waals surface area contributed by atoms with Crippen molar-refractivity contribution in [3.05, 3.63) is 35.9 Å². The maximum atomic E-state index is 11.8. The molecule has 0 fully saturated rings. The van der Waals surface area contributed by atoms with Crippen LogP contribution in [-0.4, -0.2) is 30.7 Å². The van der Waals surface area contributed by atoms with Crippen LogP contribution in [0.25, 0.3) is 0 Å². The molecule has 1 aromatic rings. The Bertz CT molecular complexity index is 385. The van der Waals surface area contributed by atoms with Crippen LogP contribution in [0.2, 0.25) is 0 Å². The fraction of sp³-hybridized carbons (Fsp3) is 0.533. The van der Waals surface area contributed by atoms with Crippen LogP contribution in [0.15, 0.2) is 30.3 Å². The molecule has 0 aliphatic heterocycles. The van der Waals surface area contributed by atoms with Crippen LogP contribution in [0, 0.1) is 0 Å². The Hall–Kier alpha value is -1.39. The summed E-state index contributed by atoms with van der Waals surface area (Å²) in [6, 6.07) is 9.93. The Balaban J connectivity index is 2.42. The monoisotopic (exact) mass is 264 g/mol. The highest BCUT2D eigenvalue weighted by Gasteiger charge is 2.15. The number of nitrogens with two attached hydrogens (primary N) is 1. The van der Waals surface area contributed by atoms with E-state index in [9.17, 15) is 4.79 Å². The van der Waals surface area contributed by atoms with Crippen molar-refractivity contribution in [3.63, 3.8) is 0 Å². The largest absolute Gasteiger partial charge is 0.366 e. The minimum atomic E-state index is -0.311. The SMILES string of the molecule is CC(C)(C)OCC(=O)NC(CN)Cc1ccccc1. The number of carbonyl (C=O) groups excluding carboxylic acids is 1. The first-order chi connectivity index (χ1) is 8.90. The van der Waals surface area contributed by atoms with Crippen LogP contribution < -0.4 is 11.1 Å². The molecule has 0 aliphatic carbocycles. The quantitative estimate of drug-likeness (QED) is 0.818. The standard InChI is InChI=1S/C15H24N2O2/c1-15(2,3)19-11-14(18)17-13(10-16)9-12-7-5-4-6-8-12/h4-8,13H,9-11,16H2,1-3H3,(H,17,18). The Morgan fingerprint density at radius 2 is 1.95 bits per heavy atom. The number of ether oxygens (including phenoxy) is 1. The molecule has 0 saturated heterocycles. The summed E-state index contributed by atoms with van der Waals surface area (Å²) >= 11 is 0. The van der Waals surface area contributed by atoms with E-state index in [0.29, 0.717) is 6.54 Å². The lowest BCUT2D eigenvalue weighted by Crippen LogP contribution is -2.44. The molecule has 4 nitrogen and oxygen atoms in total. The third-order valence-corrected chi connectivity index (χ3v) is 2.61. The highest BCUT2D eigenvalue weighted by atomic mass is 16.5. The average molecular weight is 264 g/mol. The number of carbonyl (C=O) groups is 1. The van der Waals surface area contributed by atoms with Gasteiger partial charge in [-0.3, -0.25) is 4.79 Å². The van der Waals surface area contributed by atoms with E-state index in [2.05, 4.69) is 5.32 Å². The van der Waals surface area contributed by atoms with Crippen molar-refractivity contribution in [2.75, 3.05) is 13.2 Å². The van der Waals surface area contributed by atoms with Gasteiger partial charge in [0.2, 0.25) is 5.91 Å². The van der Waals surface area contributed by atoms with E-state index in [4.69, 9.17) is 10.5 Å². The van der Waals surface area contributed by atoms with Crippen molar-refractivity contribution >= 4 is 5.91 Å². The van der Waals surface area contributed by atoms with E-state index in [1.807, 2.05) is 51.1 Å². The number of rotatable bonds is 6. The molecule has 4 heteroatoms. The van der Waals surface area contributed by atoms with E-state index in [1.54, 1.807) is 0 Å². The van der Waals surface area contributed by atoms with Gasteiger partial charge in [-0.1, -0.05) is 30.3 Å². The van der Waals surface area contributed by atoms with Crippen LogP contribution in [-0.2, 0) is 16.0 Å². The van der Waals surface area contributed by atoms with Crippen molar-refractivity contribution in [2.45, 2.75) is 38.8 Å². The van der Waals surface area contributed by atoms with Crippen LogP contribution in [0.4, 0.5) is 0 Å².